The summed E-state index contributed by atoms with van der Waals surface area (Å²) in [4.78, 5) is 26.8. The lowest BCUT2D eigenvalue weighted by Crippen LogP contribution is -2.46. The predicted molar refractivity (Wildman–Crippen MR) is 130 cm³/mol. The van der Waals surface area contributed by atoms with Crippen molar-refractivity contribution >= 4 is 28.4 Å². The van der Waals surface area contributed by atoms with E-state index in [9.17, 15) is 18.4 Å². The number of anilines is 1. The van der Waals surface area contributed by atoms with Gasteiger partial charge in [0.25, 0.3) is 5.91 Å². The van der Waals surface area contributed by atoms with Gasteiger partial charge in [0, 0.05) is 24.4 Å². The van der Waals surface area contributed by atoms with E-state index in [1.54, 1.807) is 70.4 Å². The quantitative estimate of drug-likeness (QED) is 0.450. The molecule has 0 saturated carbocycles. The topological polar surface area (TPSA) is 91.0 Å². The van der Waals surface area contributed by atoms with Gasteiger partial charge in [-0.3, -0.25) is 9.59 Å². The lowest BCUT2D eigenvalue weighted by atomic mass is 9.99. The van der Waals surface area contributed by atoms with Crippen molar-refractivity contribution in [3.8, 4) is 11.8 Å². The molecular weight excluding hydrogens is 464 g/mol. The third kappa shape index (κ3) is 4.18. The van der Waals surface area contributed by atoms with Crippen molar-refractivity contribution < 1.29 is 18.4 Å². The average molecular weight is 485 g/mol. The molecule has 9 heteroatoms. The van der Waals surface area contributed by atoms with Gasteiger partial charge in [-0.2, -0.15) is 19.1 Å². The monoisotopic (exact) mass is 485 g/mol. The number of carbonyl (C=O) groups excluding carboxylic acids is 2. The minimum Gasteiger partial charge on any atom is -0.345 e. The minimum absolute atomic E-state index is 0.107. The van der Waals surface area contributed by atoms with E-state index in [-0.39, 0.29) is 12.3 Å². The summed E-state index contributed by atoms with van der Waals surface area (Å²) in [7, 11) is 0. The number of benzene rings is 3. The number of nitrogens with zero attached hydrogens (tertiary/aromatic N) is 4. The highest BCUT2D eigenvalue weighted by Gasteiger charge is 2.45. The molecule has 4 aromatic rings. The Kier molecular flexibility index (Phi) is 5.72. The first-order valence-electron chi connectivity index (χ1n) is 11.3. The Bertz CT molecular complexity index is 1490. The summed E-state index contributed by atoms with van der Waals surface area (Å²) in [6, 6.07) is 22.1. The van der Waals surface area contributed by atoms with Gasteiger partial charge in [-0.05, 0) is 48.0 Å². The van der Waals surface area contributed by atoms with E-state index < -0.39 is 23.9 Å². The number of nitrogens with one attached hydrogen (secondary N) is 1. The molecule has 1 aliphatic heterocycles. The van der Waals surface area contributed by atoms with Gasteiger partial charge in [-0.15, -0.1) is 0 Å². The van der Waals surface area contributed by atoms with Crippen LogP contribution in [-0.2, 0) is 9.59 Å². The fourth-order valence-corrected chi connectivity index (χ4v) is 4.55. The number of hydrogen-bond acceptors (Lipinski definition) is 4. The van der Waals surface area contributed by atoms with Gasteiger partial charge in [0.05, 0.1) is 41.1 Å². The largest absolute Gasteiger partial charge is 0.345 e. The van der Waals surface area contributed by atoms with Crippen LogP contribution in [-0.4, -0.2) is 33.6 Å². The number of aromatic nitrogens is 2. The van der Waals surface area contributed by atoms with Crippen molar-refractivity contribution in [2.75, 3.05) is 4.90 Å². The number of fused-ring (bicyclic) bond motifs is 1. The van der Waals surface area contributed by atoms with E-state index in [2.05, 4.69) is 16.5 Å². The Morgan fingerprint density at radius 2 is 1.78 bits per heavy atom. The summed E-state index contributed by atoms with van der Waals surface area (Å²) >= 11 is 0. The second kappa shape index (κ2) is 8.89. The van der Waals surface area contributed by atoms with Gasteiger partial charge in [-0.25, -0.2) is 4.68 Å². The SMILES string of the molecule is CC(F)(F)C(=O)N[C@@H]1CC(=O)N(c2ccc3c(cnn3-c3ccc(C#N)cc3)c2)[C@H]1c1ccccc1. The number of amides is 2. The fourth-order valence-electron chi connectivity index (χ4n) is 4.55. The molecule has 1 aromatic heterocycles. The maximum Gasteiger partial charge on any atom is 0.321 e. The molecule has 5 rings (SSSR count). The van der Waals surface area contributed by atoms with Crippen LogP contribution in [0.3, 0.4) is 0 Å². The van der Waals surface area contributed by atoms with E-state index >= 15 is 0 Å². The van der Waals surface area contributed by atoms with Gasteiger partial charge >= 0.3 is 5.92 Å². The Hall–Kier alpha value is -4.58. The van der Waals surface area contributed by atoms with E-state index in [0.717, 1.165) is 22.2 Å². The van der Waals surface area contributed by atoms with Crippen molar-refractivity contribution in [1.82, 2.24) is 15.1 Å². The highest BCUT2D eigenvalue weighted by atomic mass is 19.3. The highest BCUT2D eigenvalue weighted by Crippen LogP contribution is 2.39. The van der Waals surface area contributed by atoms with Gasteiger partial charge < -0.3 is 10.2 Å². The number of hydrogen-bond donors (Lipinski definition) is 1. The van der Waals surface area contributed by atoms with Crippen LogP contribution in [0.25, 0.3) is 16.6 Å². The summed E-state index contributed by atoms with van der Waals surface area (Å²) in [6.45, 7) is 0.536. The molecule has 1 saturated heterocycles. The maximum atomic E-state index is 13.6. The lowest BCUT2D eigenvalue weighted by Gasteiger charge is -2.29. The summed E-state index contributed by atoms with van der Waals surface area (Å²) < 4.78 is 29.0. The summed E-state index contributed by atoms with van der Waals surface area (Å²) in [5.74, 6) is -5.26. The van der Waals surface area contributed by atoms with Crippen LogP contribution in [0.5, 0.6) is 0 Å². The normalized spacial score (nSPS) is 17.8. The molecule has 36 heavy (non-hydrogen) atoms. The van der Waals surface area contributed by atoms with Crippen LogP contribution in [0.4, 0.5) is 14.5 Å². The zero-order valence-corrected chi connectivity index (χ0v) is 19.2. The maximum absolute atomic E-state index is 13.6. The first-order chi connectivity index (χ1) is 17.3. The van der Waals surface area contributed by atoms with Crippen molar-refractivity contribution in [3.63, 3.8) is 0 Å². The van der Waals surface area contributed by atoms with Crippen molar-refractivity contribution in [3.05, 3.63) is 90.1 Å². The molecule has 2 atom stereocenters. The van der Waals surface area contributed by atoms with Crippen molar-refractivity contribution in [2.45, 2.75) is 31.4 Å². The lowest BCUT2D eigenvalue weighted by molar-refractivity contribution is -0.143. The third-order valence-electron chi connectivity index (χ3n) is 6.25. The predicted octanol–water partition coefficient (Wildman–Crippen LogP) is 4.52. The molecule has 1 fully saturated rings. The van der Waals surface area contributed by atoms with E-state index in [1.165, 1.54) is 0 Å². The van der Waals surface area contributed by atoms with Crippen LogP contribution in [0.15, 0.2) is 79.0 Å². The molecule has 180 valence electrons. The number of alkyl halides is 2. The summed E-state index contributed by atoms with van der Waals surface area (Å²) in [5, 5.41) is 16.6. The molecule has 2 heterocycles. The van der Waals surface area contributed by atoms with Crippen molar-refractivity contribution in [2.24, 2.45) is 0 Å². The molecule has 0 unspecified atom stereocenters. The second-order valence-corrected chi connectivity index (χ2v) is 8.75. The van der Waals surface area contributed by atoms with Gasteiger partial charge in [0.1, 0.15) is 0 Å². The van der Waals surface area contributed by atoms with E-state index in [0.29, 0.717) is 18.2 Å². The molecule has 1 aliphatic rings. The standard InChI is InChI=1S/C27H21F2N5O2/c1-27(28,29)26(36)32-22-14-24(35)33(25(22)18-5-3-2-4-6-18)21-11-12-23-19(13-21)16-31-34(23)20-9-7-17(15-30)8-10-20/h2-13,16,22,25H,14H2,1H3,(H,32,36)/t22-,25+/m1/s1. The molecule has 0 spiro atoms. The Balaban J connectivity index is 1.53. The van der Waals surface area contributed by atoms with Crippen molar-refractivity contribution in [1.29, 1.82) is 5.26 Å². The third-order valence-corrected chi connectivity index (χ3v) is 6.25. The molecule has 2 amide bonds. The second-order valence-electron chi connectivity index (χ2n) is 8.75. The highest BCUT2D eigenvalue weighted by molar-refractivity contribution is 6.00. The molecular formula is C27H21F2N5O2. The zero-order chi connectivity index (χ0) is 25.4. The van der Waals surface area contributed by atoms with E-state index in [1.807, 2.05) is 18.2 Å². The Morgan fingerprint density at radius 3 is 2.44 bits per heavy atom. The molecule has 3 aromatic carbocycles. The minimum atomic E-state index is -3.56. The Morgan fingerprint density at radius 1 is 1.08 bits per heavy atom. The number of nitriles is 1. The fraction of sp³-hybridized carbons (Fsp3) is 0.185. The van der Waals surface area contributed by atoms with E-state index in [4.69, 9.17) is 5.26 Å². The van der Waals surface area contributed by atoms with Crippen LogP contribution >= 0.6 is 0 Å². The first-order valence-corrected chi connectivity index (χ1v) is 11.3. The molecule has 1 N–H and O–H groups in total. The Labute approximate surface area is 205 Å². The molecule has 0 aliphatic carbocycles. The van der Waals surface area contributed by atoms with Crippen LogP contribution in [0, 0.1) is 11.3 Å². The smallest absolute Gasteiger partial charge is 0.321 e. The number of rotatable bonds is 5. The van der Waals surface area contributed by atoms with Gasteiger partial charge in [-0.1, -0.05) is 30.3 Å². The summed E-state index contributed by atoms with van der Waals surface area (Å²) in [5.41, 5.74) is 3.41. The van der Waals surface area contributed by atoms with Gasteiger partial charge in [0.2, 0.25) is 5.91 Å². The number of halogens is 2. The number of carbonyl (C=O) groups is 2. The van der Waals surface area contributed by atoms with Crippen LogP contribution in [0.2, 0.25) is 0 Å². The first kappa shape index (κ1) is 23.2. The molecule has 0 radical (unpaired) electrons. The summed E-state index contributed by atoms with van der Waals surface area (Å²) in [6.07, 6.45) is 1.57. The molecule has 7 nitrogen and oxygen atoms in total. The zero-order valence-electron chi connectivity index (χ0n) is 19.2. The van der Waals surface area contributed by atoms with Crippen LogP contribution < -0.4 is 10.2 Å². The molecule has 0 bridgehead atoms. The average Bonchev–Trinajstić information content (AvgIpc) is 3.44. The van der Waals surface area contributed by atoms with Gasteiger partial charge in [0.15, 0.2) is 0 Å². The van der Waals surface area contributed by atoms with Crippen LogP contribution in [0.1, 0.15) is 30.5 Å².